The van der Waals surface area contributed by atoms with Crippen molar-refractivity contribution < 1.29 is 13.5 Å². The summed E-state index contributed by atoms with van der Waals surface area (Å²) in [6, 6.07) is 5.55. The molecule has 0 saturated carbocycles. The minimum absolute atomic E-state index is 0.00787. The van der Waals surface area contributed by atoms with Gasteiger partial charge < -0.3 is 5.11 Å². The lowest BCUT2D eigenvalue weighted by Gasteiger charge is -2.10. The smallest absolute Gasteiger partial charge is 0.248 e. The number of nitrogens with one attached hydrogen (secondary N) is 1. The molecule has 2 N–H and O–H groups in total. The Bertz CT molecular complexity index is 536. The summed E-state index contributed by atoms with van der Waals surface area (Å²) in [7, 11) is -3.81. The summed E-state index contributed by atoms with van der Waals surface area (Å²) in [5.74, 6) is -0.291. The molecule has 0 aromatic heterocycles. The van der Waals surface area contributed by atoms with Gasteiger partial charge in [-0.2, -0.15) is 5.26 Å². The lowest BCUT2D eigenvalue weighted by molar-refractivity contribution is 0.477. The zero-order valence-corrected chi connectivity index (χ0v) is 9.88. The van der Waals surface area contributed by atoms with E-state index >= 15 is 0 Å². The van der Waals surface area contributed by atoms with Gasteiger partial charge in [-0.05, 0) is 19.1 Å². The maximum absolute atomic E-state index is 11.5. The summed E-state index contributed by atoms with van der Waals surface area (Å²) in [6.45, 7) is 1.25. The predicted molar refractivity (Wildman–Crippen MR) is 60.7 cm³/mol. The van der Waals surface area contributed by atoms with Crippen LogP contribution in [0.15, 0.2) is 18.2 Å². The third-order valence-electron chi connectivity index (χ3n) is 1.86. The lowest BCUT2D eigenvalue weighted by atomic mass is 10.3. The number of phenols is 1. The number of phenolic OH excluding ortho intramolecular Hbond substituents is 1. The van der Waals surface area contributed by atoms with Crippen LogP contribution in [-0.4, -0.2) is 18.8 Å². The second kappa shape index (κ2) is 4.60. The van der Waals surface area contributed by atoms with E-state index < -0.39 is 15.3 Å². The molecule has 5 nitrogen and oxygen atoms in total. The van der Waals surface area contributed by atoms with Crippen LogP contribution < -0.4 is 4.72 Å². The Labute approximate surface area is 98.3 Å². The van der Waals surface area contributed by atoms with Gasteiger partial charge in [0.25, 0.3) is 0 Å². The SMILES string of the molecule is CC(C#N)S(=O)(=O)Nc1ccc(Cl)cc1O. The fourth-order valence-corrected chi connectivity index (χ4v) is 1.86. The Morgan fingerprint density at radius 1 is 1.56 bits per heavy atom. The van der Waals surface area contributed by atoms with E-state index in [1.54, 1.807) is 6.07 Å². The van der Waals surface area contributed by atoms with Crippen molar-refractivity contribution in [3.8, 4) is 11.8 Å². The molecule has 0 saturated heterocycles. The van der Waals surface area contributed by atoms with Crippen molar-refractivity contribution in [2.24, 2.45) is 0 Å². The van der Waals surface area contributed by atoms with Crippen LogP contribution in [0.4, 0.5) is 5.69 Å². The first-order valence-corrected chi connectivity index (χ1v) is 6.19. The van der Waals surface area contributed by atoms with E-state index in [-0.39, 0.29) is 16.5 Å². The fourth-order valence-electron chi connectivity index (χ4n) is 0.902. The maximum Gasteiger partial charge on any atom is 0.248 e. The van der Waals surface area contributed by atoms with Crippen LogP contribution in [0.25, 0.3) is 0 Å². The summed E-state index contributed by atoms with van der Waals surface area (Å²) in [5.41, 5.74) is -0.00787. The second-order valence-electron chi connectivity index (χ2n) is 3.08. The van der Waals surface area contributed by atoms with Crippen molar-refractivity contribution >= 4 is 27.3 Å². The number of sulfonamides is 1. The molecular formula is C9H9ClN2O3S. The number of benzene rings is 1. The molecule has 0 spiro atoms. The van der Waals surface area contributed by atoms with Gasteiger partial charge in [-0.1, -0.05) is 11.6 Å². The minimum atomic E-state index is -3.81. The average molecular weight is 261 g/mol. The van der Waals surface area contributed by atoms with Crippen LogP contribution in [-0.2, 0) is 10.0 Å². The first-order chi connectivity index (χ1) is 7.36. The van der Waals surface area contributed by atoms with Crippen molar-refractivity contribution in [1.82, 2.24) is 0 Å². The van der Waals surface area contributed by atoms with Gasteiger partial charge >= 0.3 is 0 Å². The van der Waals surface area contributed by atoms with Crippen LogP contribution >= 0.6 is 11.6 Å². The van der Waals surface area contributed by atoms with Gasteiger partial charge in [0.1, 0.15) is 5.75 Å². The Hall–Kier alpha value is -1.45. The molecule has 1 aromatic carbocycles. The third kappa shape index (κ3) is 2.78. The van der Waals surface area contributed by atoms with E-state index in [1.807, 2.05) is 0 Å². The molecule has 1 aromatic rings. The maximum atomic E-state index is 11.5. The van der Waals surface area contributed by atoms with Crippen molar-refractivity contribution in [3.05, 3.63) is 23.2 Å². The number of rotatable bonds is 3. The monoisotopic (exact) mass is 260 g/mol. The van der Waals surface area contributed by atoms with E-state index in [4.69, 9.17) is 16.9 Å². The lowest BCUT2D eigenvalue weighted by Crippen LogP contribution is -2.23. The molecule has 0 aliphatic heterocycles. The summed E-state index contributed by atoms with van der Waals surface area (Å²) in [5, 5.41) is 17.0. The molecule has 1 atom stereocenters. The van der Waals surface area contributed by atoms with Gasteiger partial charge in [-0.25, -0.2) is 8.42 Å². The Kier molecular flexibility index (Phi) is 3.62. The number of nitrogens with zero attached hydrogens (tertiary/aromatic N) is 1. The molecule has 0 aliphatic carbocycles. The molecule has 0 radical (unpaired) electrons. The largest absolute Gasteiger partial charge is 0.506 e. The number of hydrogen-bond acceptors (Lipinski definition) is 4. The highest BCUT2D eigenvalue weighted by atomic mass is 35.5. The van der Waals surface area contributed by atoms with Crippen LogP contribution in [0.2, 0.25) is 5.02 Å². The van der Waals surface area contributed by atoms with Crippen molar-refractivity contribution in [1.29, 1.82) is 5.26 Å². The topological polar surface area (TPSA) is 90.2 Å². The highest BCUT2D eigenvalue weighted by Gasteiger charge is 2.21. The van der Waals surface area contributed by atoms with E-state index in [1.165, 1.54) is 25.1 Å². The number of aromatic hydroxyl groups is 1. The predicted octanol–water partition coefficient (Wildman–Crippen LogP) is 1.70. The van der Waals surface area contributed by atoms with Gasteiger partial charge in [-0.15, -0.1) is 0 Å². The number of anilines is 1. The molecule has 86 valence electrons. The van der Waals surface area contributed by atoms with Gasteiger partial charge in [-0.3, -0.25) is 4.72 Å². The average Bonchev–Trinajstić information content (AvgIpc) is 2.21. The molecule has 1 rings (SSSR count). The van der Waals surface area contributed by atoms with E-state index in [2.05, 4.69) is 4.72 Å². The molecule has 0 aliphatic rings. The summed E-state index contributed by atoms with van der Waals surface area (Å²) < 4.78 is 25.1. The third-order valence-corrected chi connectivity index (χ3v) is 3.64. The van der Waals surface area contributed by atoms with Crippen LogP contribution in [0.1, 0.15) is 6.92 Å². The molecular weight excluding hydrogens is 252 g/mol. The summed E-state index contributed by atoms with van der Waals surface area (Å²) in [4.78, 5) is 0. The molecule has 0 amide bonds. The highest BCUT2D eigenvalue weighted by Crippen LogP contribution is 2.27. The van der Waals surface area contributed by atoms with E-state index in [9.17, 15) is 13.5 Å². The van der Waals surface area contributed by atoms with Gasteiger partial charge in [0.2, 0.25) is 10.0 Å². The summed E-state index contributed by atoms with van der Waals surface area (Å²) >= 11 is 5.59. The molecule has 7 heteroatoms. The summed E-state index contributed by atoms with van der Waals surface area (Å²) in [6.07, 6.45) is 0. The molecule has 0 fully saturated rings. The molecule has 0 heterocycles. The fraction of sp³-hybridized carbons (Fsp3) is 0.222. The standard InChI is InChI=1S/C9H9ClN2O3S/c1-6(5-11)16(14,15)12-8-3-2-7(10)4-9(8)13/h2-4,6,12-13H,1H3. The van der Waals surface area contributed by atoms with Crippen LogP contribution in [0, 0.1) is 11.3 Å². The first kappa shape index (κ1) is 12.6. The van der Waals surface area contributed by atoms with Gasteiger partial charge in [0, 0.05) is 11.1 Å². The van der Waals surface area contributed by atoms with Crippen LogP contribution in [0.3, 0.4) is 0 Å². The minimum Gasteiger partial charge on any atom is -0.506 e. The van der Waals surface area contributed by atoms with Gasteiger partial charge in [0.15, 0.2) is 5.25 Å². The van der Waals surface area contributed by atoms with E-state index in [0.717, 1.165) is 0 Å². The molecule has 16 heavy (non-hydrogen) atoms. The Balaban J connectivity index is 3.03. The Morgan fingerprint density at radius 3 is 2.69 bits per heavy atom. The van der Waals surface area contributed by atoms with Crippen LogP contribution in [0.5, 0.6) is 5.75 Å². The number of hydrogen-bond donors (Lipinski definition) is 2. The molecule has 0 bridgehead atoms. The van der Waals surface area contributed by atoms with Crippen molar-refractivity contribution in [2.45, 2.75) is 12.2 Å². The Morgan fingerprint density at radius 2 is 2.19 bits per heavy atom. The molecule has 1 unspecified atom stereocenters. The van der Waals surface area contributed by atoms with Crippen molar-refractivity contribution in [2.75, 3.05) is 4.72 Å². The number of halogens is 1. The van der Waals surface area contributed by atoms with Gasteiger partial charge in [0.05, 0.1) is 11.8 Å². The highest BCUT2D eigenvalue weighted by molar-refractivity contribution is 7.93. The zero-order chi connectivity index (χ0) is 12.3. The second-order valence-corrected chi connectivity index (χ2v) is 5.52. The quantitative estimate of drug-likeness (QED) is 0.810. The normalized spacial score (nSPS) is 12.8. The zero-order valence-electron chi connectivity index (χ0n) is 8.31. The first-order valence-electron chi connectivity index (χ1n) is 4.26. The van der Waals surface area contributed by atoms with Crippen molar-refractivity contribution in [3.63, 3.8) is 0 Å². The van der Waals surface area contributed by atoms with E-state index in [0.29, 0.717) is 0 Å². The number of nitriles is 1.